The molecule has 0 atom stereocenters. The molecule has 4 heteroatoms. The van der Waals surface area contributed by atoms with E-state index in [1.807, 2.05) is 36.9 Å². The molecule has 1 aromatic carbocycles. The molecule has 0 spiro atoms. The second-order valence-corrected chi connectivity index (χ2v) is 6.30. The average Bonchev–Trinajstić information content (AvgIpc) is 2.53. The molecule has 0 aliphatic carbocycles. The number of aryl methyl sites for hydroxylation is 1. The predicted octanol–water partition coefficient (Wildman–Crippen LogP) is 2.38. The summed E-state index contributed by atoms with van der Waals surface area (Å²) in [7, 11) is 0. The largest absolute Gasteiger partial charge is 0.354 e. The van der Waals surface area contributed by atoms with Crippen LogP contribution in [0.2, 0.25) is 0 Å². The van der Waals surface area contributed by atoms with Gasteiger partial charge in [-0.1, -0.05) is 30.3 Å². The summed E-state index contributed by atoms with van der Waals surface area (Å²) in [6.45, 7) is 5.34. The molecule has 1 heterocycles. The maximum Gasteiger partial charge on any atom is 0.223 e. The van der Waals surface area contributed by atoms with Crippen LogP contribution in [0.3, 0.4) is 0 Å². The van der Waals surface area contributed by atoms with E-state index < -0.39 is 0 Å². The highest BCUT2D eigenvalue weighted by molar-refractivity contribution is 5.80. The highest BCUT2D eigenvalue weighted by Gasteiger charge is 2.27. The second-order valence-electron chi connectivity index (χ2n) is 6.30. The number of carbonyl (C=O) groups is 2. The summed E-state index contributed by atoms with van der Waals surface area (Å²) in [5.41, 5.74) is 1.20. The van der Waals surface area contributed by atoms with Gasteiger partial charge in [0.05, 0.1) is 0 Å². The summed E-state index contributed by atoms with van der Waals surface area (Å²) < 4.78 is 0. The standard InChI is InChI=1S/C18H26N2O2/c1-14(2)19-18(22)16-10-12-20(13-11-16)17(21)9-8-15-6-4-3-5-7-15/h3-7,14,16H,8-13H2,1-2H3,(H,19,22). The molecule has 1 aromatic rings. The molecule has 22 heavy (non-hydrogen) atoms. The lowest BCUT2D eigenvalue weighted by molar-refractivity contribution is -0.135. The number of rotatable bonds is 5. The highest BCUT2D eigenvalue weighted by atomic mass is 16.2. The van der Waals surface area contributed by atoms with Crippen molar-refractivity contribution in [2.24, 2.45) is 5.92 Å². The minimum absolute atomic E-state index is 0.0561. The van der Waals surface area contributed by atoms with Gasteiger partial charge in [-0.25, -0.2) is 0 Å². The number of benzene rings is 1. The van der Waals surface area contributed by atoms with Crippen LogP contribution in [0, 0.1) is 5.92 Å². The molecule has 2 rings (SSSR count). The maximum absolute atomic E-state index is 12.3. The molecule has 1 aliphatic rings. The topological polar surface area (TPSA) is 49.4 Å². The molecule has 0 bridgehead atoms. The van der Waals surface area contributed by atoms with Gasteiger partial charge in [0, 0.05) is 31.5 Å². The number of likely N-dealkylation sites (tertiary alicyclic amines) is 1. The third-order valence-corrected chi connectivity index (χ3v) is 4.12. The summed E-state index contributed by atoms with van der Waals surface area (Å²) in [5, 5.41) is 2.96. The van der Waals surface area contributed by atoms with Crippen LogP contribution >= 0.6 is 0 Å². The maximum atomic E-state index is 12.3. The SMILES string of the molecule is CC(C)NC(=O)C1CCN(C(=O)CCc2ccccc2)CC1. The molecular formula is C18H26N2O2. The van der Waals surface area contributed by atoms with Crippen LogP contribution in [-0.2, 0) is 16.0 Å². The van der Waals surface area contributed by atoms with E-state index in [2.05, 4.69) is 17.4 Å². The van der Waals surface area contributed by atoms with Gasteiger partial charge in [0.2, 0.25) is 11.8 Å². The van der Waals surface area contributed by atoms with E-state index in [0.29, 0.717) is 19.5 Å². The first-order valence-electron chi connectivity index (χ1n) is 8.18. The Hall–Kier alpha value is -1.84. The quantitative estimate of drug-likeness (QED) is 0.908. The van der Waals surface area contributed by atoms with E-state index in [9.17, 15) is 9.59 Å². The third kappa shape index (κ3) is 4.86. The summed E-state index contributed by atoms with van der Waals surface area (Å²) in [6.07, 6.45) is 2.88. The van der Waals surface area contributed by atoms with E-state index in [4.69, 9.17) is 0 Å². The molecule has 0 unspecified atom stereocenters. The molecule has 1 fully saturated rings. The van der Waals surface area contributed by atoms with Crippen molar-refractivity contribution in [1.82, 2.24) is 10.2 Å². The van der Waals surface area contributed by atoms with E-state index in [0.717, 1.165) is 19.3 Å². The van der Waals surface area contributed by atoms with Crippen LogP contribution in [0.1, 0.15) is 38.7 Å². The van der Waals surface area contributed by atoms with Crippen molar-refractivity contribution >= 4 is 11.8 Å². The van der Waals surface area contributed by atoms with Gasteiger partial charge < -0.3 is 10.2 Å². The van der Waals surface area contributed by atoms with Gasteiger partial charge in [0.1, 0.15) is 0 Å². The molecule has 1 aliphatic heterocycles. The minimum atomic E-state index is 0.0561. The lowest BCUT2D eigenvalue weighted by atomic mass is 9.95. The molecule has 2 amide bonds. The van der Waals surface area contributed by atoms with Crippen molar-refractivity contribution in [3.8, 4) is 0 Å². The zero-order valence-electron chi connectivity index (χ0n) is 13.5. The van der Waals surface area contributed by atoms with Crippen LogP contribution in [0.25, 0.3) is 0 Å². The van der Waals surface area contributed by atoms with Crippen molar-refractivity contribution in [3.05, 3.63) is 35.9 Å². The van der Waals surface area contributed by atoms with Crippen molar-refractivity contribution in [1.29, 1.82) is 0 Å². The summed E-state index contributed by atoms with van der Waals surface area (Å²) in [4.78, 5) is 26.1. The first-order valence-corrected chi connectivity index (χ1v) is 8.18. The Kier molecular flexibility index (Phi) is 5.99. The lowest BCUT2D eigenvalue weighted by Crippen LogP contribution is -2.44. The average molecular weight is 302 g/mol. The Morgan fingerprint density at radius 3 is 2.41 bits per heavy atom. The summed E-state index contributed by atoms with van der Waals surface area (Å²) in [6, 6.07) is 10.3. The molecule has 4 nitrogen and oxygen atoms in total. The Morgan fingerprint density at radius 2 is 1.82 bits per heavy atom. The Labute approximate surface area is 132 Å². The number of nitrogens with zero attached hydrogens (tertiary/aromatic N) is 1. The fraction of sp³-hybridized carbons (Fsp3) is 0.556. The van der Waals surface area contributed by atoms with Crippen LogP contribution in [0.4, 0.5) is 0 Å². The zero-order valence-corrected chi connectivity index (χ0v) is 13.5. The molecule has 1 N–H and O–H groups in total. The number of hydrogen-bond acceptors (Lipinski definition) is 2. The second kappa shape index (κ2) is 7.97. The van der Waals surface area contributed by atoms with Crippen LogP contribution < -0.4 is 5.32 Å². The van der Waals surface area contributed by atoms with Crippen LogP contribution in [-0.4, -0.2) is 35.8 Å². The monoisotopic (exact) mass is 302 g/mol. The summed E-state index contributed by atoms with van der Waals surface area (Å²) in [5.74, 6) is 0.388. The predicted molar refractivity (Wildman–Crippen MR) is 87.3 cm³/mol. The Morgan fingerprint density at radius 1 is 1.18 bits per heavy atom. The zero-order chi connectivity index (χ0) is 15.9. The Balaban J connectivity index is 1.74. The molecule has 120 valence electrons. The smallest absolute Gasteiger partial charge is 0.223 e. The molecular weight excluding hydrogens is 276 g/mol. The van der Waals surface area contributed by atoms with E-state index in [1.54, 1.807) is 0 Å². The molecule has 1 saturated heterocycles. The number of nitrogens with one attached hydrogen (secondary N) is 1. The van der Waals surface area contributed by atoms with Crippen LogP contribution in [0.5, 0.6) is 0 Å². The van der Waals surface area contributed by atoms with Crippen molar-refractivity contribution in [2.45, 2.75) is 45.6 Å². The first kappa shape index (κ1) is 16.5. The normalized spacial score (nSPS) is 15.9. The molecule has 0 aromatic heterocycles. The summed E-state index contributed by atoms with van der Waals surface area (Å²) >= 11 is 0. The van der Waals surface area contributed by atoms with Gasteiger partial charge in [0.15, 0.2) is 0 Å². The first-order chi connectivity index (χ1) is 10.6. The van der Waals surface area contributed by atoms with Crippen molar-refractivity contribution in [2.75, 3.05) is 13.1 Å². The van der Waals surface area contributed by atoms with Crippen molar-refractivity contribution in [3.63, 3.8) is 0 Å². The highest BCUT2D eigenvalue weighted by Crippen LogP contribution is 2.18. The van der Waals surface area contributed by atoms with Gasteiger partial charge in [0.25, 0.3) is 0 Å². The number of amides is 2. The van der Waals surface area contributed by atoms with Crippen LogP contribution in [0.15, 0.2) is 30.3 Å². The van der Waals surface area contributed by atoms with Gasteiger partial charge in [-0.3, -0.25) is 9.59 Å². The fourth-order valence-corrected chi connectivity index (χ4v) is 2.85. The van der Waals surface area contributed by atoms with E-state index in [1.165, 1.54) is 5.56 Å². The van der Waals surface area contributed by atoms with E-state index in [-0.39, 0.29) is 23.8 Å². The Bertz CT molecular complexity index is 491. The number of piperidine rings is 1. The van der Waals surface area contributed by atoms with Gasteiger partial charge in [-0.15, -0.1) is 0 Å². The third-order valence-electron chi connectivity index (χ3n) is 4.12. The minimum Gasteiger partial charge on any atom is -0.354 e. The van der Waals surface area contributed by atoms with Gasteiger partial charge in [-0.2, -0.15) is 0 Å². The number of hydrogen-bond donors (Lipinski definition) is 1. The van der Waals surface area contributed by atoms with Gasteiger partial charge in [-0.05, 0) is 38.7 Å². The van der Waals surface area contributed by atoms with E-state index >= 15 is 0 Å². The fourth-order valence-electron chi connectivity index (χ4n) is 2.85. The van der Waals surface area contributed by atoms with Gasteiger partial charge >= 0.3 is 0 Å². The molecule has 0 saturated carbocycles. The number of carbonyl (C=O) groups excluding carboxylic acids is 2. The lowest BCUT2D eigenvalue weighted by Gasteiger charge is -2.31. The molecule has 0 radical (unpaired) electrons. The van der Waals surface area contributed by atoms with Crippen molar-refractivity contribution < 1.29 is 9.59 Å².